The Morgan fingerprint density at radius 3 is 2.59 bits per heavy atom. The molecule has 1 amide bonds. The summed E-state index contributed by atoms with van der Waals surface area (Å²) in [6.45, 7) is 6.59. The number of halogens is 3. The molecule has 0 aliphatic rings. The first-order chi connectivity index (χ1) is 15.3. The highest BCUT2D eigenvalue weighted by molar-refractivity contribution is 6.31. The molecule has 0 aliphatic carbocycles. The molecule has 0 atom stereocenters. The van der Waals surface area contributed by atoms with Crippen LogP contribution in [0, 0.1) is 6.92 Å². The van der Waals surface area contributed by atoms with E-state index >= 15 is 0 Å². The van der Waals surface area contributed by atoms with Crippen molar-refractivity contribution in [2.75, 3.05) is 18.5 Å². The Morgan fingerprint density at radius 2 is 1.94 bits per heavy atom. The Hall–Kier alpha value is -3.14. The van der Waals surface area contributed by atoms with Gasteiger partial charge in [0.1, 0.15) is 12.2 Å². The van der Waals surface area contributed by atoms with E-state index in [2.05, 4.69) is 15.5 Å². The van der Waals surface area contributed by atoms with Crippen molar-refractivity contribution in [3.63, 3.8) is 0 Å². The van der Waals surface area contributed by atoms with Gasteiger partial charge in [-0.05, 0) is 38.5 Å². The second-order valence-corrected chi connectivity index (χ2v) is 7.24. The lowest BCUT2D eigenvalue weighted by Crippen LogP contribution is -2.20. The van der Waals surface area contributed by atoms with E-state index in [1.54, 1.807) is 10.9 Å². The summed E-state index contributed by atoms with van der Waals surface area (Å²) < 4.78 is 39.9. The van der Waals surface area contributed by atoms with Gasteiger partial charge in [0.25, 0.3) is 6.43 Å². The number of hydrogen-bond acceptors (Lipinski definition) is 5. The van der Waals surface area contributed by atoms with Crippen molar-refractivity contribution in [3.05, 3.63) is 52.6 Å². The molecule has 32 heavy (non-hydrogen) atoms. The molecule has 0 saturated carbocycles. The van der Waals surface area contributed by atoms with Crippen LogP contribution >= 0.6 is 11.6 Å². The molecule has 0 spiro atoms. The zero-order chi connectivity index (χ0) is 23.3. The summed E-state index contributed by atoms with van der Waals surface area (Å²) in [5.41, 5.74) is 1.18. The summed E-state index contributed by atoms with van der Waals surface area (Å²) in [4.78, 5) is 12.3. The SMILES string of the molecule is CCOc1ccc(Cn2cc(NC(=O)Cn3nc(C(F)F)c(Cl)c3C)cn2)cc1OCC. The minimum Gasteiger partial charge on any atom is -0.490 e. The number of nitrogens with zero attached hydrogens (tertiary/aromatic N) is 4. The van der Waals surface area contributed by atoms with Gasteiger partial charge in [0.15, 0.2) is 11.5 Å². The number of anilines is 1. The quantitative estimate of drug-likeness (QED) is 0.476. The Labute approximate surface area is 189 Å². The van der Waals surface area contributed by atoms with Gasteiger partial charge in [-0.2, -0.15) is 10.2 Å². The van der Waals surface area contributed by atoms with Crippen LogP contribution in [0.2, 0.25) is 5.02 Å². The third kappa shape index (κ3) is 5.56. The van der Waals surface area contributed by atoms with Gasteiger partial charge in [0.05, 0.1) is 42.4 Å². The first kappa shape index (κ1) is 23.5. The molecule has 0 fully saturated rings. The van der Waals surface area contributed by atoms with E-state index in [4.69, 9.17) is 21.1 Å². The summed E-state index contributed by atoms with van der Waals surface area (Å²) in [6, 6.07) is 5.65. The maximum atomic E-state index is 12.9. The largest absolute Gasteiger partial charge is 0.490 e. The molecular weight excluding hydrogens is 444 g/mol. The molecule has 3 rings (SSSR count). The molecule has 3 aromatic rings. The molecule has 172 valence electrons. The zero-order valence-corrected chi connectivity index (χ0v) is 18.7. The normalized spacial score (nSPS) is 11.1. The zero-order valence-electron chi connectivity index (χ0n) is 17.9. The van der Waals surface area contributed by atoms with E-state index in [1.807, 2.05) is 32.0 Å². The number of carbonyl (C=O) groups excluding carboxylic acids is 1. The van der Waals surface area contributed by atoms with Crippen molar-refractivity contribution < 1.29 is 23.0 Å². The van der Waals surface area contributed by atoms with Gasteiger partial charge in [-0.25, -0.2) is 8.78 Å². The van der Waals surface area contributed by atoms with Crippen LogP contribution < -0.4 is 14.8 Å². The summed E-state index contributed by atoms with van der Waals surface area (Å²) in [6.07, 6.45) is 0.362. The highest BCUT2D eigenvalue weighted by Gasteiger charge is 2.21. The number of aromatic nitrogens is 4. The molecule has 0 saturated heterocycles. The van der Waals surface area contributed by atoms with Gasteiger partial charge in [0, 0.05) is 6.20 Å². The van der Waals surface area contributed by atoms with E-state index in [0.29, 0.717) is 42.6 Å². The van der Waals surface area contributed by atoms with E-state index in [0.717, 1.165) is 10.2 Å². The fourth-order valence-corrected chi connectivity index (χ4v) is 3.29. The second kappa shape index (κ2) is 10.4. The van der Waals surface area contributed by atoms with Crippen LogP contribution in [-0.4, -0.2) is 38.7 Å². The smallest absolute Gasteiger partial charge is 0.283 e. The first-order valence-corrected chi connectivity index (χ1v) is 10.4. The van der Waals surface area contributed by atoms with Crippen molar-refractivity contribution in [1.29, 1.82) is 0 Å². The van der Waals surface area contributed by atoms with Gasteiger partial charge in [-0.15, -0.1) is 0 Å². The Morgan fingerprint density at radius 1 is 1.22 bits per heavy atom. The third-order valence-corrected chi connectivity index (χ3v) is 4.99. The minimum atomic E-state index is -2.81. The van der Waals surface area contributed by atoms with Gasteiger partial charge in [-0.3, -0.25) is 14.2 Å². The molecule has 2 heterocycles. The monoisotopic (exact) mass is 467 g/mol. The van der Waals surface area contributed by atoms with Crippen molar-refractivity contribution in [3.8, 4) is 11.5 Å². The maximum Gasteiger partial charge on any atom is 0.283 e. The van der Waals surface area contributed by atoms with E-state index in [1.165, 1.54) is 13.1 Å². The average molecular weight is 468 g/mol. The van der Waals surface area contributed by atoms with E-state index < -0.39 is 18.0 Å². The summed E-state index contributed by atoms with van der Waals surface area (Å²) in [5, 5.41) is 10.5. The predicted molar refractivity (Wildman–Crippen MR) is 116 cm³/mol. The average Bonchev–Trinajstić information content (AvgIpc) is 3.29. The van der Waals surface area contributed by atoms with Crippen LogP contribution in [0.25, 0.3) is 0 Å². The minimum absolute atomic E-state index is 0.137. The lowest BCUT2D eigenvalue weighted by molar-refractivity contribution is -0.117. The molecule has 0 bridgehead atoms. The summed E-state index contributed by atoms with van der Waals surface area (Å²) >= 11 is 5.87. The lowest BCUT2D eigenvalue weighted by Gasteiger charge is -2.12. The van der Waals surface area contributed by atoms with Crippen molar-refractivity contribution in [2.45, 2.75) is 40.3 Å². The second-order valence-electron chi connectivity index (χ2n) is 6.86. The van der Waals surface area contributed by atoms with Crippen LogP contribution in [0.1, 0.15) is 37.2 Å². The van der Waals surface area contributed by atoms with Crippen LogP contribution in [0.4, 0.5) is 14.5 Å². The number of amides is 1. The molecule has 1 N–H and O–H groups in total. The molecule has 0 radical (unpaired) electrons. The van der Waals surface area contributed by atoms with Crippen molar-refractivity contribution in [1.82, 2.24) is 19.6 Å². The molecule has 1 aromatic carbocycles. The van der Waals surface area contributed by atoms with Crippen LogP contribution in [0.3, 0.4) is 0 Å². The van der Waals surface area contributed by atoms with E-state index in [-0.39, 0.29) is 11.6 Å². The highest BCUT2D eigenvalue weighted by atomic mass is 35.5. The van der Waals surface area contributed by atoms with E-state index in [9.17, 15) is 13.6 Å². The molecule has 2 aromatic heterocycles. The van der Waals surface area contributed by atoms with Gasteiger partial charge in [0.2, 0.25) is 5.91 Å². The number of carbonyl (C=O) groups is 1. The number of alkyl halides is 2. The standard InChI is InChI=1S/C21H24ClF2N5O3/c1-4-31-16-7-6-14(8-17(16)32-5-2)10-28-11-15(9-25-28)26-18(30)12-29-13(3)19(22)20(27-29)21(23)24/h6-9,11,21H,4-5,10,12H2,1-3H3,(H,26,30). The van der Waals surface area contributed by atoms with Crippen LogP contribution in [0.15, 0.2) is 30.6 Å². The number of ether oxygens (including phenoxy) is 2. The number of rotatable bonds is 10. The van der Waals surface area contributed by atoms with Crippen molar-refractivity contribution in [2.24, 2.45) is 0 Å². The Balaban J connectivity index is 1.64. The predicted octanol–water partition coefficient (Wildman–Crippen LogP) is 4.46. The summed E-state index contributed by atoms with van der Waals surface area (Å²) in [7, 11) is 0. The lowest BCUT2D eigenvalue weighted by atomic mass is 10.2. The van der Waals surface area contributed by atoms with Crippen LogP contribution in [-0.2, 0) is 17.9 Å². The Bertz CT molecular complexity index is 1080. The topological polar surface area (TPSA) is 83.2 Å². The molecule has 0 unspecified atom stereocenters. The third-order valence-electron chi connectivity index (χ3n) is 4.53. The van der Waals surface area contributed by atoms with Crippen LogP contribution in [0.5, 0.6) is 11.5 Å². The number of hydrogen-bond donors (Lipinski definition) is 1. The molecule has 11 heteroatoms. The maximum absolute atomic E-state index is 12.9. The molecular formula is C21H24ClF2N5O3. The van der Waals surface area contributed by atoms with Gasteiger partial charge >= 0.3 is 0 Å². The number of nitrogens with one attached hydrogen (secondary N) is 1. The molecule has 0 aliphatic heterocycles. The van der Waals surface area contributed by atoms with Gasteiger partial charge in [-0.1, -0.05) is 17.7 Å². The Kier molecular flexibility index (Phi) is 7.68. The molecule has 8 nitrogen and oxygen atoms in total. The fraction of sp³-hybridized carbons (Fsp3) is 0.381. The summed E-state index contributed by atoms with van der Waals surface area (Å²) in [5.74, 6) is 0.895. The van der Waals surface area contributed by atoms with Crippen molar-refractivity contribution >= 4 is 23.2 Å². The fourth-order valence-electron chi connectivity index (χ4n) is 3.07. The number of benzene rings is 1. The highest BCUT2D eigenvalue weighted by Crippen LogP contribution is 2.29. The first-order valence-electron chi connectivity index (χ1n) is 10.0. The van der Waals surface area contributed by atoms with Gasteiger partial charge < -0.3 is 14.8 Å².